The van der Waals surface area contributed by atoms with Gasteiger partial charge in [0.25, 0.3) is 0 Å². The smallest absolute Gasteiger partial charge is 0.0261 e. The SMILES string of the molecule is CC1CCC2(C)CCC3C(C)CCCC3(C)C2CCC(C)(C)C1C. The Bertz CT molecular complexity index is 449. The molecule has 140 valence electrons. The molecule has 3 aliphatic rings. The maximum atomic E-state index is 2.72. The Morgan fingerprint density at radius 1 is 0.667 bits per heavy atom. The molecule has 0 heterocycles. The second kappa shape index (κ2) is 6.31. The van der Waals surface area contributed by atoms with Gasteiger partial charge in [-0.25, -0.2) is 0 Å². The van der Waals surface area contributed by atoms with Gasteiger partial charge in [0.1, 0.15) is 0 Å². The molecule has 7 atom stereocenters. The van der Waals surface area contributed by atoms with Crippen LogP contribution in [-0.2, 0) is 0 Å². The molecule has 0 N–H and O–H groups in total. The zero-order chi connectivity index (χ0) is 17.8. The highest BCUT2D eigenvalue weighted by atomic mass is 14.6. The lowest BCUT2D eigenvalue weighted by atomic mass is 9.45. The first-order valence-electron chi connectivity index (χ1n) is 11.1. The van der Waals surface area contributed by atoms with Gasteiger partial charge >= 0.3 is 0 Å². The van der Waals surface area contributed by atoms with Crippen molar-refractivity contribution in [3.63, 3.8) is 0 Å². The van der Waals surface area contributed by atoms with Crippen LogP contribution in [0, 0.1) is 45.8 Å². The van der Waals surface area contributed by atoms with Gasteiger partial charge in [0.15, 0.2) is 0 Å². The molecule has 0 nitrogen and oxygen atoms in total. The van der Waals surface area contributed by atoms with E-state index in [0.29, 0.717) is 16.2 Å². The Hall–Kier alpha value is 0. The van der Waals surface area contributed by atoms with Crippen molar-refractivity contribution in [1.82, 2.24) is 0 Å². The third-order valence-electron chi connectivity index (χ3n) is 9.91. The van der Waals surface area contributed by atoms with Crippen molar-refractivity contribution >= 4 is 0 Å². The molecule has 0 aromatic rings. The van der Waals surface area contributed by atoms with Crippen molar-refractivity contribution in [2.24, 2.45) is 45.8 Å². The minimum atomic E-state index is 0.508. The van der Waals surface area contributed by atoms with E-state index >= 15 is 0 Å². The highest BCUT2D eigenvalue weighted by molar-refractivity contribution is 5.05. The van der Waals surface area contributed by atoms with Crippen molar-refractivity contribution in [1.29, 1.82) is 0 Å². The predicted molar refractivity (Wildman–Crippen MR) is 106 cm³/mol. The molecule has 0 aliphatic heterocycles. The first-order chi connectivity index (χ1) is 11.1. The lowest BCUT2D eigenvalue weighted by Crippen LogP contribution is -2.52. The maximum absolute atomic E-state index is 2.72. The molecular formula is C24H44. The number of rotatable bonds is 0. The summed E-state index contributed by atoms with van der Waals surface area (Å²) in [4.78, 5) is 0. The summed E-state index contributed by atoms with van der Waals surface area (Å²) < 4.78 is 0. The normalized spacial score (nSPS) is 52.4. The van der Waals surface area contributed by atoms with E-state index in [1.807, 2.05) is 0 Å². The fourth-order valence-corrected chi connectivity index (χ4v) is 7.64. The van der Waals surface area contributed by atoms with E-state index in [4.69, 9.17) is 0 Å². The molecule has 3 rings (SSSR count). The predicted octanol–water partition coefficient (Wildman–Crippen LogP) is 7.72. The largest absolute Gasteiger partial charge is 0.0622 e. The van der Waals surface area contributed by atoms with Gasteiger partial charge in [-0.3, -0.25) is 0 Å². The van der Waals surface area contributed by atoms with E-state index in [2.05, 4.69) is 48.5 Å². The van der Waals surface area contributed by atoms with Gasteiger partial charge in [-0.05, 0) is 90.8 Å². The Morgan fingerprint density at radius 3 is 2.04 bits per heavy atom. The highest BCUT2D eigenvalue weighted by Crippen LogP contribution is 2.64. The van der Waals surface area contributed by atoms with Crippen LogP contribution in [0.5, 0.6) is 0 Å². The van der Waals surface area contributed by atoms with Gasteiger partial charge in [-0.2, -0.15) is 0 Å². The second-order valence-corrected chi connectivity index (χ2v) is 11.6. The molecule has 0 heteroatoms. The van der Waals surface area contributed by atoms with Crippen LogP contribution in [-0.4, -0.2) is 0 Å². The highest BCUT2D eigenvalue weighted by Gasteiger charge is 2.55. The van der Waals surface area contributed by atoms with Crippen molar-refractivity contribution < 1.29 is 0 Å². The van der Waals surface area contributed by atoms with E-state index in [9.17, 15) is 0 Å². The van der Waals surface area contributed by atoms with Crippen molar-refractivity contribution in [2.75, 3.05) is 0 Å². The Balaban J connectivity index is 1.94. The van der Waals surface area contributed by atoms with Gasteiger partial charge < -0.3 is 0 Å². The Labute approximate surface area is 152 Å². The second-order valence-electron chi connectivity index (χ2n) is 11.6. The molecule has 0 radical (unpaired) electrons. The first-order valence-corrected chi connectivity index (χ1v) is 11.1. The summed E-state index contributed by atoms with van der Waals surface area (Å²) in [7, 11) is 0. The molecule has 7 unspecified atom stereocenters. The molecule has 3 aliphatic carbocycles. The summed E-state index contributed by atoms with van der Waals surface area (Å²) in [6.45, 7) is 18.2. The quantitative estimate of drug-likeness (QED) is 0.426. The zero-order valence-electron chi connectivity index (χ0n) is 17.8. The van der Waals surface area contributed by atoms with Crippen LogP contribution in [0.3, 0.4) is 0 Å². The van der Waals surface area contributed by atoms with Crippen LogP contribution < -0.4 is 0 Å². The Morgan fingerprint density at radius 2 is 1.33 bits per heavy atom. The molecule has 0 aromatic carbocycles. The average molecular weight is 333 g/mol. The number of hydrogen-bond acceptors (Lipinski definition) is 0. The lowest BCUT2D eigenvalue weighted by Gasteiger charge is -2.60. The monoisotopic (exact) mass is 332 g/mol. The minimum Gasteiger partial charge on any atom is -0.0622 e. The summed E-state index contributed by atoms with van der Waals surface area (Å²) >= 11 is 0. The molecule has 3 fully saturated rings. The molecule has 0 amide bonds. The summed E-state index contributed by atoms with van der Waals surface area (Å²) in [6, 6.07) is 0. The summed E-state index contributed by atoms with van der Waals surface area (Å²) in [6.07, 6.45) is 13.4. The standard InChI is InChI=1S/C24H44/c1-17-10-15-23(6)16-11-20-18(2)9-8-13-24(20,7)21(23)12-14-22(4,5)19(17)3/h17-21H,8-16H2,1-7H3. The van der Waals surface area contributed by atoms with Crippen LogP contribution in [0.15, 0.2) is 0 Å². The van der Waals surface area contributed by atoms with E-state index in [0.717, 1.165) is 29.6 Å². The van der Waals surface area contributed by atoms with Crippen molar-refractivity contribution in [3.05, 3.63) is 0 Å². The van der Waals surface area contributed by atoms with Crippen molar-refractivity contribution in [2.45, 2.75) is 106 Å². The van der Waals surface area contributed by atoms with Crippen LogP contribution >= 0.6 is 0 Å². The van der Waals surface area contributed by atoms with E-state index in [1.54, 1.807) is 0 Å². The van der Waals surface area contributed by atoms with Crippen molar-refractivity contribution in [3.8, 4) is 0 Å². The van der Waals surface area contributed by atoms with Gasteiger partial charge in [-0.15, -0.1) is 0 Å². The minimum absolute atomic E-state index is 0.508. The third-order valence-corrected chi connectivity index (χ3v) is 9.91. The van der Waals surface area contributed by atoms with Gasteiger partial charge in [0, 0.05) is 0 Å². The fourth-order valence-electron chi connectivity index (χ4n) is 7.64. The molecule has 0 bridgehead atoms. The first kappa shape index (κ1) is 18.8. The topological polar surface area (TPSA) is 0 Å². The Kier molecular flexibility index (Phi) is 4.94. The number of fused-ring (bicyclic) bond motifs is 3. The molecule has 0 saturated heterocycles. The summed E-state index contributed by atoms with van der Waals surface area (Å²) in [5, 5.41) is 0. The van der Waals surface area contributed by atoms with Crippen LogP contribution in [0.4, 0.5) is 0 Å². The maximum Gasteiger partial charge on any atom is -0.0261 e. The third kappa shape index (κ3) is 2.99. The summed E-state index contributed by atoms with van der Waals surface area (Å²) in [5.41, 5.74) is 1.74. The van der Waals surface area contributed by atoms with E-state index in [-0.39, 0.29) is 0 Å². The fraction of sp³-hybridized carbons (Fsp3) is 1.00. The molecular weight excluding hydrogens is 288 g/mol. The zero-order valence-corrected chi connectivity index (χ0v) is 17.8. The molecule has 0 aromatic heterocycles. The average Bonchev–Trinajstić information content (AvgIpc) is 2.53. The van der Waals surface area contributed by atoms with Crippen LogP contribution in [0.1, 0.15) is 106 Å². The van der Waals surface area contributed by atoms with Crippen LogP contribution in [0.25, 0.3) is 0 Å². The van der Waals surface area contributed by atoms with E-state index < -0.39 is 0 Å². The van der Waals surface area contributed by atoms with E-state index in [1.165, 1.54) is 57.8 Å². The lowest BCUT2D eigenvalue weighted by molar-refractivity contribution is -0.109. The molecule has 3 saturated carbocycles. The van der Waals surface area contributed by atoms with Gasteiger partial charge in [-0.1, -0.05) is 61.3 Å². The number of hydrogen-bond donors (Lipinski definition) is 0. The molecule has 24 heavy (non-hydrogen) atoms. The molecule has 0 spiro atoms. The van der Waals surface area contributed by atoms with Crippen LogP contribution in [0.2, 0.25) is 0 Å². The van der Waals surface area contributed by atoms with Gasteiger partial charge in [0.05, 0.1) is 0 Å². The van der Waals surface area contributed by atoms with Gasteiger partial charge in [0.2, 0.25) is 0 Å². The summed E-state index contributed by atoms with van der Waals surface area (Å²) in [5.74, 6) is 4.67.